The van der Waals surface area contributed by atoms with Gasteiger partial charge in [-0.15, -0.1) is 0 Å². The first kappa shape index (κ1) is 14.1. The highest BCUT2D eigenvalue weighted by atomic mass is 16.2. The van der Waals surface area contributed by atoms with Gasteiger partial charge in [-0.2, -0.15) is 0 Å². The molecule has 1 aliphatic rings. The number of benzene rings is 1. The zero-order valence-corrected chi connectivity index (χ0v) is 12.3. The third-order valence-corrected chi connectivity index (χ3v) is 4.31. The van der Waals surface area contributed by atoms with E-state index in [0.29, 0.717) is 11.9 Å². The molecule has 19 heavy (non-hydrogen) atoms. The van der Waals surface area contributed by atoms with Gasteiger partial charge < -0.3 is 4.90 Å². The molecule has 0 N–H and O–H groups in total. The summed E-state index contributed by atoms with van der Waals surface area (Å²) in [5.41, 5.74) is 1.23. The molecule has 2 heteroatoms. The number of hydrogen-bond donors (Lipinski definition) is 0. The van der Waals surface area contributed by atoms with Gasteiger partial charge in [0, 0.05) is 18.5 Å². The van der Waals surface area contributed by atoms with Crippen molar-refractivity contribution in [2.75, 3.05) is 0 Å². The second-order valence-corrected chi connectivity index (χ2v) is 5.84. The van der Waals surface area contributed by atoms with E-state index in [1.165, 1.54) is 18.4 Å². The van der Waals surface area contributed by atoms with Crippen LogP contribution in [0.2, 0.25) is 0 Å². The maximum atomic E-state index is 12.6. The van der Waals surface area contributed by atoms with Crippen molar-refractivity contribution in [1.82, 2.24) is 4.90 Å². The molecule has 0 heterocycles. The van der Waals surface area contributed by atoms with Gasteiger partial charge in [0.1, 0.15) is 0 Å². The Morgan fingerprint density at radius 3 is 2.42 bits per heavy atom. The summed E-state index contributed by atoms with van der Waals surface area (Å²) in [5, 5.41) is 0. The van der Waals surface area contributed by atoms with Crippen molar-refractivity contribution in [3.8, 4) is 0 Å². The highest BCUT2D eigenvalue weighted by Crippen LogP contribution is 2.36. The van der Waals surface area contributed by atoms with Gasteiger partial charge in [-0.25, -0.2) is 0 Å². The molecule has 2 rings (SSSR count). The average Bonchev–Trinajstić information content (AvgIpc) is 3.28. The minimum Gasteiger partial charge on any atom is -0.335 e. The van der Waals surface area contributed by atoms with Crippen molar-refractivity contribution in [1.29, 1.82) is 0 Å². The number of amides is 1. The Kier molecular flexibility index (Phi) is 4.62. The molecule has 0 saturated heterocycles. The molecule has 0 aromatic heterocycles. The van der Waals surface area contributed by atoms with Crippen LogP contribution in [-0.4, -0.2) is 16.8 Å². The molecule has 0 aliphatic heterocycles. The maximum Gasteiger partial charge on any atom is 0.225 e. The maximum absolute atomic E-state index is 12.6. The van der Waals surface area contributed by atoms with E-state index in [-0.39, 0.29) is 5.92 Å². The molecule has 1 aliphatic carbocycles. The number of hydrogen-bond acceptors (Lipinski definition) is 1. The fourth-order valence-electron chi connectivity index (χ4n) is 2.49. The van der Waals surface area contributed by atoms with Crippen LogP contribution in [0, 0.1) is 11.8 Å². The molecule has 1 aromatic carbocycles. The van der Waals surface area contributed by atoms with Crippen LogP contribution < -0.4 is 0 Å². The van der Waals surface area contributed by atoms with Gasteiger partial charge in [-0.3, -0.25) is 4.79 Å². The molecule has 0 radical (unpaired) electrons. The molecule has 1 fully saturated rings. The van der Waals surface area contributed by atoms with Crippen LogP contribution in [0.4, 0.5) is 0 Å². The Morgan fingerprint density at radius 2 is 1.89 bits per heavy atom. The van der Waals surface area contributed by atoms with E-state index < -0.39 is 0 Å². The Balaban J connectivity index is 2.11. The summed E-state index contributed by atoms with van der Waals surface area (Å²) < 4.78 is 0. The Bertz CT molecular complexity index is 411. The molecule has 2 atom stereocenters. The first-order valence-corrected chi connectivity index (χ1v) is 7.47. The molecular formula is C17H25NO. The van der Waals surface area contributed by atoms with E-state index in [1.54, 1.807) is 0 Å². The summed E-state index contributed by atoms with van der Waals surface area (Å²) in [6.45, 7) is 7.09. The fourth-order valence-corrected chi connectivity index (χ4v) is 2.49. The Hall–Kier alpha value is -1.31. The predicted octanol–water partition coefficient (Wildman–Crippen LogP) is 3.86. The topological polar surface area (TPSA) is 20.3 Å². The van der Waals surface area contributed by atoms with Crippen molar-refractivity contribution >= 4 is 5.91 Å². The van der Waals surface area contributed by atoms with Crippen LogP contribution in [0.15, 0.2) is 30.3 Å². The number of carbonyl (C=O) groups is 1. The van der Waals surface area contributed by atoms with Gasteiger partial charge in [0.05, 0.1) is 0 Å². The summed E-state index contributed by atoms with van der Waals surface area (Å²) >= 11 is 0. The van der Waals surface area contributed by atoms with Gasteiger partial charge in [-0.05, 0) is 37.7 Å². The first-order valence-electron chi connectivity index (χ1n) is 7.47. The normalized spacial score (nSPS) is 17.8. The van der Waals surface area contributed by atoms with Crippen LogP contribution in [0.1, 0.15) is 45.6 Å². The number of nitrogens with zero attached hydrogens (tertiary/aromatic N) is 1. The van der Waals surface area contributed by atoms with Crippen molar-refractivity contribution in [2.45, 2.75) is 52.6 Å². The number of carbonyl (C=O) groups excluding carboxylic acids is 1. The zero-order valence-electron chi connectivity index (χ0n) is 12.3. The quantitative estimate of drug-likeness (QED) is 0.759. The fraction of sp³-hybridized carbons (Fsp3) is 0.588. The van der Waals surface area contributed by atoms with Crippen LogP contribution in [-0.2, 0) is 11.3 Å². The van der Waals surface area contributed by atoms with Crippen LogP contribution in [0.25, 0.3) is 0 Å². The molecule has 1 aromatic rings. The highest BCUT2D eigenvalue weighted by Gasteiger charge is 2.35. The molecule has 2 unspecified atom stereocenters. The third-order valence-electron chi connectivity index (χ3n) is 4.31. The lowest BCUT2D eigenvalue weighted by Gasteiger charge is -2.31. The van der Waals surface area contributed by atoms with Gasteiger partial charge in [0.15, 0.2) is 0 Å². The van der Waals surface area contributed by atoms with Crippen LogP contribution in [0.3, 0.4) is 0 Å². The SMILES string of the molecule is CCC(C)C(=O)N(Cc1ccccc1)C(C)C1CC1. The third kappa shape index (κ3) is 3.59. The lowest BCUT2D eigenvalue weighted by atomic mass is 10.0. The summed E-state index contributed by atoms with van der Waals surface area (Å²) in [4.78, 5) is 14.7. The van der Waals surface area contributed by atoms with Crippen molar-refractivity contribution < 1.29 is 4.79 Å². The van der Waals surface area contributed by atoms with Crippen molar-refractivity contribution in [3.05, 3.63) is 35.9 Å². The lowest BCUT2D eigenvalue weighted by Crippen LogP contribution is -2.42. The van der Waals surface area contributed by atoms with Gasteiger partial charge >= 0.3 is 0 Å². The number of rotatable bonds is 6. The van der Waals surface area contributed by atoms with Crippen LogP contribution in [0.5, 0.6) is 0 Å². The average molecular weight is 259 g/mol. The minimum absolute atomic E-state index is 0.130. The molecule has 1 saturated carbocycles. The Morgan fingerprint density at radius 1 is 1.26 bits per heavy atom. The van der Waals surface area contributed by atoms with E-state index in [0.717, 1.165) is 18.9 Å². The minimum atomic E-state index is 0.130. The largest absolute Gasteiger partial charge is 0.335 e. The molecule has 104 valence electrons. The van der Waals surface area contributed by atoms with Gasteiger partial charge in [0.2, 0.25) is 5.91 Å². The summed E-state index contributed by atoms with van der Waals surface area (Å²) in [6.07, 6.45) is 3.47. The van der Waals surface area contributed by atoms with E-state index in [4.69, 9.17) is 0 Å². The van der Waals surface area contributed by atoms with E-state index >= 15 is 0 Å². The zero-order chi connectivity index (χ0) is 13.8. The van der Waals surface area contributed by atoms with Gasteiger partial charge in [-0.1, -0.05) is 44.2 Å². The first-order chi connectivity index (χ1) is 9.13. The van der Waals surface area contributed by atoms with E-state index in [1.807, 2.05) is 25.1 Å². The van der Waals surface area contributed by atoms with Crippen molar-refractivity contribution in [3.63, 3.8) is 0 Å². The summed E-state index contributed by atoms with van der Waals surface area (Å²) in [5.74, 6) is 1.16. The monoisotopic (exact) mass is 259 g/mol. The van der Waals surface area contributed by atoms with Crippen LogP contribution >= 0.6 is 0 Å². The standard InChI is InChI=1S/C17H25NO/c1-4-13(2)17(19)18(14(3)16-10-11-16)12-15-8-6-5-7-9-15/h5-9,13-14,16H,4,10-12H2,1-3H3. The smallest absolute Gasteiger partial charge is 0.225 e. The summed E-state index contributed by atoms with van der Waals surface area (Å²) in [7, 11) is 0. The van der Waals surface area contributed by atoms with E-state index in [2.05, 4.69) is 30.9 Å². The van der Waals surface area contributed by atoms with E-state index in [9.17, 15) is 4.79 Å². The van der Waals surface area contributed by atoms with Gasteiger partial charge in [0.25, 0.3) is 0 Å². The molecular weight excluding hydrogens is 234 g/mol. The lowest BCUT2D eigenvalue weighted by molar-refractivity contribution is -0.138. The molecule has 2 nitrogen and oxygen atoms in total. The molecule has 0 bridgehead atoms. The second kappa shape index (κ2) is 6.23. The predicted molar refractivity (Wildman–Crippen MR) is 78.6 cm³/mol. The molecule has 0 spiro atoms. The molecule has 1 amide bonds. The highest BCUT2D eigenvalue weighted by molar-refractivity contribution is 5.78. The second-order valence-electron chi connectivity index (χ2n) is 5.84. The van der Waals surface area contributed by atoms with Crippen molar-refractivity contribution in [2.24, 2.45) is 11.8 Å². The summed E-state index contributed by atoms with van der Waals surface area (Å²) in [6, 6.07) is 10.7. The Labute approximate surface area is 116 Å².